The Kier molecular flexibility index (Phi) is 7.52. The zero-order chi connectivity index (χ0) is 19.3. The molecule has 0 saturated carbocycles. The van der Waals surface area contributed by atoms with Gasteiger partial charge in [-0.2, -0.15) is 0 Å². The van der Waals surface area contributed by atoms with Gasteiger partial charge in [-0.3, -0.25) is 0 Å². The largest absolute Gasteiger partial charge is 0.492 e. The van der Waals surface area contributed by atoms with Crippen LogP contribution in [0.1, 0.15) is 46.6 Å². The van der Waals surface area contributed by atoms with Crippen molar-refractivity contribution in [3.8, 4) is 5.75 Å². The summed E-state index contributed by atoms with van der Waals surface area (Å²) in [7, 11) is 0. The van der Waals surface area contributed by atoms with E-state index < -0.39 is 23.2 Å². The van der Waals surface area contributed by atoms with E-state index in [1.54, 1.807) is 20.8 Å². The van der Waals surface area contributed by atoms with Crippen LogP contribution in [0.2, 0.25) is 0 Å². The number of aliphatic carboxylic acids is 1. The Balaban J connectivity index is 2.92. The Morgan fingerprint density at radius 3 is 2.36 bits per heavy atom. The predicted molar refractivity (Wildman–Crippen MR) is 104 cm³/mol. The quantitative estimate of drug-likeness (QED) is 0.598. The SMILES string of the molecule is CCCOc1ccc(C[C@](C)(NC(=O)OC(C)(C)C)C(=O)O)cc1I. The number of carbonyl (C=O) groups excluding carboxylic acids is 1. The number of amides is 1. The maximum Gasteiger partial charge on any atom is 0.408 e. The third kappa shape index (κ3) is 7.09. The minimum atomic E-state index is -1.47. The number of carboxylic acids is 1. The first-order valence-corrected chi connectivity index (χ1v) is 9.20. The van der Waals surface area contributed by atoms with Gasteiger partial charge >= 0.3 is 12.1 Å². The zero-order valence-corrected chi connectivity index (χ0v) is 17.5. The van der Waals surface area contributed by atoms with Crippen molar-refractivity contribution in [2.75, 3.05) is 6.61 Å². The van der Waals surface area contributed by atoms with Gasteiger partial charge < -0.3 is 19.9 Å². The van der Waals surface area contributed by atoms with Crippen LogP contribution in [0.15, 0.2) is 18.2 Å². The number of carboxylic acid groups (broad SMARTS) is 1. The lowest BCUT2D eigenvalue weighted by Crippen LogP contribution is -2.54. The normalized spacial score (nSPS) is 13.7. The first-order chi connectivity index (χ1) is 11.5. The lowest BCUT2D eigenvalue weighted by molar-refractivity contribution is -0.144. The molecule has 1 rings (SSSR count). The number of nitrogens with one attached hydrogen (secondary N) is 1. The molecule has 1 aromatic carbocycles. The van der Waals surface area contributed by atoms with Crippen LogP contribution in [0, 0.1) is 3.57 Å². The molecule has 0 unspecified atom stereocenters. The fourth-order valence-corrected chi connectivity index (χ4v) is 2.83. The van der Waals surface area contributed by atoms with E-state index in [-0.39, 0.29) is 6.42 Å². The Bertz CT molecular complexity index is 626. The fourth-order valence-electron chi connectivity index (χ4n) is 2.09. The second kappa shape index (κ2) is 8.73. The van der Waals surface area contributed by atoms with E-state index in [2.05, 4.69) is 27.9 Å². The number of ether oxygens (including phenoxy) is 2. The fraction of sp³-hybridized carbons (Fsp3) is 0.556. The summed E-state index contributed by atoms with van der Waals surface area (Å²) >= 11 is 2.15. The predicted octanol–water partition coefficient (Wildman–Crippen LogP) is 3.99. The van der Waals surface area contributed by atoms with Crippen molar-refractivity contribution >= 4 is 34.7 Å². The molecule has 0 aliphatic rings. The molecular weight excluding hydrogens is 437 g/mol. The summed E-state index contributed by atoms with van der Waals surface area (Å²) in [6, 6.07) is 5.50. The summed E-state index contributed by atoms with van der Waals surface area (Å²) in [6.45, 7) is 9.30. The summed E-state index contributed by atoms with van der Waals surface area (Å²) in [5.41, 5.74) is -1.39. The number of hydrogen-bond donors (Lipinski definition) is 2. The molecule has 6 nitrogen and oxygen atoms in total. The molecule has 0 aliphatic carbocycles. The van der Waals surface area contributed by atoms with E-state index in [1.807, 2.05) is 25.1 Å². The average Bonchev–Trinajstić information content (AvgIpc) is 2.43. The van der Waals surface area contributed by atoms with Gasteiger partial charge in [-0.05, 0) is 74.4 Å². The average molecular weight is 463 g/mol. The number of carbonyl (C=O) groups is 2. The van der Waals surface area contributed by atoms with Crippen LogP contribution in [0.5, 0.6) is 5.75 Å². The highest BCUT2D eigenvalue weighted by atomic mass is 127. The summed E-state index contributed by atoms with van der Waals surface area (Å²) in [5, 5.41) is 12.1. The first kappa shape index (κ1) is 21.5. The van der Waals surface area contributed by atoms with Gasteiger partial charge in [0, 0.05) is 6.42 Å². The number of halogens is 1. The minimum absolute atomic E-state index is 0.131. The highest BCUT2D eigenvalue weighted by Crippen LogP contribution is 2.25. The summed E-state index contributed by atoms with van der Waals surface area (Å²) in [4.78, 5) is 23.7. The molecule has 0 fully saturated rings. The Hall–Kier alpha value is -1.51. The molecule has 0 radical (unpaired) electrons. The van der Waals surface area contributed by atoms with Crippen LogP contribution in [-0.4, -0.2) is 34.9 Å². The molecule has 0 spiro atoms. The summed E-state index contributed by atoms with van der Waals surface area (Å²) in [5.74, 6) is -0.358. The summed E-state index contributed by atoms with van der Waals surface area (Å²) in [6.07, 6.45) is 0.287. The van der Waals surface area contributed by atoms with Crippen molar-refractivity contribution < 1.29 is 24.2 Å². The van der Waals surface area contributed by atoms with Crippen molar-refractivity contribution in [3.05, 3.63) is 27.3 Å². The maximum atomic E-state index is 12.0. The molecule has 0 heterocycles. The monoisotopic (exact) mass is 463 g/mol. The Morgan fingerprint density at radius 1 is 1.24 bits per heavy atom. The van der Waals surface area contributed by atoms with Gasteiger partial charge in [-0.1, -0.05) is 13.0 Å². The summed E-state index contributed by atoms with van der Waals surface area (Å²) < 4.78 is 11.7. The van der Waals surface area contributed by atoms with Gasteiger partial charge in [0.1, 0.15) is 16.9 Å². The number of rotatable bonds is 7. The van der Waals surface area contributed by atoms with Gasteiger partial charge in [-0.25, -0.2) is 9.59 Å². The second-order valence-corrected chi connectivity index (χ2v) is 8.22. The van der Waals surface area contributed by atoms with Crippen LogP contribution >= 0.6 is 22.6 Å². The van der Waals surface area contributed by atoms with Gasteiger partial charge in [-0.15, -0.1) is 0 Å². The van der Waals surface area contributed by atoms with Crippen LogP contribution in [0.25, 0.3) is 0 Å². The lowest BCUT2D eigenvalue weighted by Gasteiger charge is -2.28. The van der Waals surface area contributed by atoms with Crippen LogP contribution in [0.4, 0.5) is 4.79 Å². The van der Waals surface area contributed by atoms with Crippen LogP contribution in [0.3, 0.4) is 0 Å². The van der Waals surface area contributed by atoms with E-state index >= 15 is 0 Å². The third-order valence-electron chi connectivity index (χ3n) is 3.26. The lowest BCUT2D eigenvalue weighted by atomic mass is 9.93. The molecule has 2 N–H and O–H groups in total. The molecule has 0 aromatic heterocycles. The second-order valence-electron chi connectivity index (χ2n) is 7.05. The van der Waals surface area contributed by atoms with Gasteiger partial charge in [0.25, 0.3) is 0 Å². The maximum absolute atomic E-state index is 12.0. The van der Waals surface area contributed by atoms with Crippen molar-refractivity contribution in [3.63, 3.8) is 0 Å². The molecule has 140 valence electrons. The Morgan fingerprint density at radius 2 is 1.88 bits per heavy atom. The number of hydrogen-bond acceptors (Lipinski definition) is 4. The smallest absolute Gasteiger partial charge is 0.408 e. The van der Waals surface area contributed by atoms with Gasteiger partial charge in [0.15, 0.2) is 0 Å². The van der Waals surface area contributed by atoms with Gasteiger partial charge in [0.2, 0.25) is 0 Å². The Labute approximate surface area is 162 Å². The third-order valence-corrected chi connectivity index (χ3v) is 4.11. The molecule has 25 heavy (non-hydrogen) atoms. The molecule has 1 aromatic rings. The van der Waals surface area contributed by atoms with E-state index in [4.69, 9.17) is 9.47 Å². The van der Waals surface area contributed by atoms with Crippen molar-refractivity contribution in [2.45, 2.75) is 58.6 Å². The minimum Gasteiger partial charge on any atom is -0.492 e. The molecule has 0 aliphatic heterocycles. The highest BCUT2D eigenvalue weighted by Gasteiger charge is 2.36. The van der Waals surface area contributed by atoms with E-state index in [1.165, 1.54) is 6.92 Å². The standard InChI is InChI=1S/C18H26INO5/c1-6-9-24-14-8-7-12(10-13(14)19)11-18(5,15(21)22)20-16(23)25-17(2,3)4/h7-8,10H,6,9,11H2,1-5H3,(H,20,23)(H,21,22)/t18-/m0/s1. The molecule has 7 heteroatoms. The van der Waals surface area contributed by atoms with E-state index in [0.717, 1.165) is 21.3 Å². The topological polar surface area (TPSA) is 84.9 Å². The zero-order valence-electron chi connectivity index (χ0n) is 15.3. The van der Waals surface area contributed by atoms with Crippen LogP contribution in [-0.2, 0) is 16.0 Å². The highest BCUT2D eigenvalue weighted by molar-refractivity contribution is 14.1. The molecule has 1 amide bonds. The van der Waals surface area contributed by atoms with Crippen molar-refractivity contribution in [1.29, 1.82) is 0 Å². The molecular formula is C18H26INO5. The van der Waals surface area contributed by atoms with Gasteiger partial charge in [0.05, 0.1) is 10.2 Å². The first-order valence-electron chi connectivity index (χ1n) is 8.12. The van der Waals surface area contributed by atoms with Crippen molar-refractivity contribution in [2.24, 2.45) is 0 Å². The van der Waals surface area contributed by atoms with E-state index in [9.17, 15) is 14.7 Å². The molecule has 0 saturated heterocycles. The molecule has 1 atom stereocenters. The number of benzene rings is 1. The molecule has 0 bridgehead atoms. The van der Waals surface area contributed by atoms with E-state index in [0.29, 0.717) is 6.61 Å². The van der Waals surface area contributed by atoms with Crippen LogP contribution < -0.4 is 10.1 Å². The van der Waals surface area contributed by atoms with Crippen molar-refractivity contribution in [1.82, 2.24) is 5.32 Å². The number of alkyl carbamates (subject to hydrolysis) is 1.